The zero-order chi connectivity index (χ0) is 18.2. The Balaban J connectivity index is 2.94. The van der Waals surface area contributed by atoms with Crippen molar-refractivity contribution in [2.45, 2.75) is 45.1 Å². The minimum atomic E-state index is -0.392. The maximum Gasteiger partial charge on any atom is 0.345 e. The lowest BCUT2D eigenvalue weighted by Gasteiger charge is -2.21. The predicted molar refractivity (Wildman–Crippen MR) is 99.5 cm³/mol. The Morgan fingerprint density at radius 3 is 2.21 bits per heavy atom. The molecular formula is C17H26N4O2S. The molecule has 0 aromatic heterocycles. The second-order valence-electron chi connectivity index (χ2n) is 6.12. The van der Waals surface area contributed by atoms with E-state index in [1.807, 2.05) is 65.0 Å². The van der Waals surface area contributed by atoms with Gasteiger partial charge in [0.2, 0.25) is 0 Å². The van der Waals surface area contributed by atoms with Gasteiger partial charge in [-0.3, -0.25) is 5.32 Å². The van der Waals surface area contributed by atoms with Gasteiger partial charge >= 0.3 is 12.1 Å². The minimum absolute atomic E-state index is 0.250. The molecule has 0 saturated carbocycles. The van der Waals surface area contributed by atoms with Gasteiger partial charge in [0.1, 0.15) is 0 Å². The molecule has 0 heterocycles. The van der Waals surface area contributed by atoms with Crippen LogP contribution in [0.3, 0.4) is 0 Å². The molecule has 0 aliphatic heterocycles. The zero-order valence-corrected chi connectivity index (χ0v) is 15.7. The molecule has 6 nitrogen and oxygen atoms in total. The number of hydrogen-bond donors (Lipinski definition) is 2. The van der Waals surface area contributed by atoms with Crippen LogP contribution >= 0.6 is 11.8 Å². The molecule has 1 aromatic rings. The van der Waals surface area contributed by atoms with Gasteiger partial charge in [-0.2, -0.15) is 4.99 Å². The highest BCUT2D eigenvalue weighted by atomic mass is 32.2. The highest BCUT2D eigenvalue weighted by Gasteiger charge is 2.17. The van der Waals surface area contributed by atoms with Crippen molar-refractivity contribution in [2.75, 3.05) is 13.1 Å². The van der Waals surface area contributed by atoms with Gasteiger partial charge in [0.15, 0.2) is 5.17 Å². The Hall–Kier alpha value is -2.02. The fraction of sp³-hybridized carbons (Fsp3) is 0.471. The topological polar surface area (TPSA) is 73.8 Å². The van der Waals surface area contributed by atoms with Gasteiger partial charge in [-0.25, -0.2) is 9.59 Å². The summed E-state index contributed by atoms with van der Waals surface area (Å²) in [5.41, 5.74) is -0.379. The first-order valence-electron chi connectivity index (χ1n) is 7.94. The van der Waals surface area contributed by atoms with Crippen LogP contribution in [-0.4, -0.2) is 40.8 Å². The molecule has 1 aromatic carbocycles. The number of urea groups is 2. The summed E-state index contributed by atoms with van der Waals surface area (Å²) in [6.07, 6.45) is 0. The van der Waals surface area contributed by atoms with Crippen molar-refractivity contribution in [3.63, 3.8) is 0 Å². The van der Waals surface area contributed by atoms with Crippen LogP contribution < -0.4 is 10.6 Å². The van der Waals surface area contributed by atoms with E-state index in [1.165, 1.54) is 11.8 Å². The summed E-state index contributed by atoms with van der Waals surface area (Å²) in [6.45, 7) is 10.6. The molecule has 0 bridgehead atoms. The fourth-order valence-corrected chi connectivity index (χ4v) is 2.58. The number of carbonyl (C=O) groups is 2. The third-order valence-electron chi connectivity index (χ3n) is 2.90. The van der Waals surface area contributed by atoms with E-state index < -0.39 is 6.03 Å². The van der Waals surface area contributed by atoms with Crippen molar-refractivity contribution in [2.24, 2.45) is 4.99 Å². The van der Waals surface area contributed by atoms with Crippen molar-refractivity contribution in [3.8, 4) is 0 Å². The van der Waals surface area contributed by atoms with Crippen LogP contribution in [-0.2, 0) is 0 Å². The van der Waals surface area contributed by atoms with Crippen molar-refractivity contribution in [3.05, 3.63) is 30.3 Å². The van der Waals surface area contributed by atoms with E-state index in [-0.39, 0.29) is 16.7 Å². The SMILES string of the molecule is CCN(CC)C(=O)N=C(NC(=O)NC(C)(C)C)Sc1ccccc1. The van der Waals surface area contributed by atoms with Crippen LogP contribution in [0.2, 0.25) is 0 Å². The summed E-state index contributed by atoms with van der Waals surface area (Å²) in [6, 6.07) is 8.72. The molecule has 0 unspecified atom stereocenters. The Bertz CT molecular complexity index is 578. The third kappa shape index (κ3) is 7.50. The lowest BCUT2D eigenvalue weighted by Crippen LogP contribution is -2.48. The third-order valence-corrected chi connectivity index (χ3v) is 3.79. The number of aliphatic imine (C=N–C) groups is 1. The maximum absolute atomic E-state index is 12.2. The molecule has 1 rings (SSSR count). The molecule has 132 valence electrons. The molecule has 4 amide bonds. The van der Waals surface area contributed by atoms with Gasteiger partial charge in [0.05, 0.1) is 0 Å². The van der Waals surface area contributed by atoms with E-state index in [9.17, 15) is 9.59 Å². The molecule has 0 fully saturated rings. The van der Waals surface area contributed by atoms with Gasteiger partial charge in [0, 0.05) is 23.5 Å². The van der Waals surface area contributed by atoms with Gasteiger partial charge in [-0.15, -0.1) is 0 Å². The Morgan fingerprint density at radius 2 is 1.71 bits per heavy atom. The van der Waals surface area contributed by atoms with Gasteiger partial charge in [-0.1, -0.05) is 30.0 Å². The first kappa shape index (κ1) is 20.0. The van der Waals surface area contributed by atoms with Crippen LogP contribution in [0.1, 0.15) is 34.6 Å². The van der Waals surface area contributed by atoms with Crippen LogP contribution in [0, 0.1) is 0 Å². The molecule has 7 heteroatoms. The summed E-state index contributed by atoms with van der Waals surface area (Å²) < 4.78 is 0. The molecule has 0 spiro atoms. The zero-order valence-electron chi connectivity index (χ0n) is 14.9. The quantitative estimate of drug-likeness (QED) is 0.496. The molecule has 0 saturated heterocycles. The molecule has 2 N–H and O–H groups in total. The molecule has 0 radical (unpaired) electrons. The monoisotopic (exact) mass is 350 g/mol. The normalized spacial score (nSPS) is 11.8. The number of thioether (sulfide) groups is 1. The lowest BCUT2D eigenvalue weighted by atomic mass is 10.1. The summed E-state index contributed by atoms with van der Waals surface area (Å²) in [5.74, 6) is 0. The number of amidine groups is 1. The largest absolute Gasteiger partial charge is 0.345 e. The summed E-state index contributed by atoms with van der Waals surface area (Å²) in [7, 11) is 0. The van der Waals surface area contributed by atoms with Crippen LogP contribution in [0.4, 0.5) is 9.59 Å². The van der Waals surface area contributed by atoms with E-state index >= 15 is 0 Å². The minimum Gasteiger partial charge on any atom is -0.333 e. The predicted octanol–water partition coefficient (Wildman–Crippen LogP) is 3.69. The Labute approximate surface area is 148 Å². The molecule has 0 aliphatic carbocycles. The first-order valence-corrected chi connectivity index (χ1v) is 8.76. The Morgan fingerprint density at radius 1 is 1.12 bits per heavy atom. The summed E-state index contributed by atoms with van der Waals surface area (Å²) in [5, 5.41) is 5.72. The van der Waals surface area contributed by atoms with Crippen molar-refractivity contribution < 1.29 is 9.59 Å². The van der Waals surface area contributed by atoms with Gasteiger partial charge < -0.3 is 10.2 Å². The molecule has 0 aliphatic rings. The molecule has 24 heavy (non-hydrogen) atoms. The van der Waals surface area contributed by atoms with Crippen LogP contribution in [0.25, 0.3) is 0 Å². The number of nitrogens with one attached hydrogen (secondary N) is 2. The second-order valence-corrected chi connectivity index (χ2v) is 7.18. The highest BCUT2D eigenvalue weighted by Crippen LogP contribution is 2.18. The smallest absolute Gasteiger partial charge is 0.333 e. The number of amides is 4. The summed E-state index contributed by atoms with van der Waals surface area (Å²) in [4.78, 5) is 30.9. The van der Waals surface area contributed by atoms with Crippen LogP contribution in [0.5, 0.6) is 0 Å². The van der Waals surface area contributed by atoms with Crippen molar-refractivity contribution in [1.82, 2.24) is 15.5 Å². The van der Waals surface area contributed by atoms with E-state index in [2.05, 4.69) is 15.6 Å². The molecule has 0 atom stereocenters. The van der Waals surface area contributed by atoms with Crippen molar-refractivity contribution >= 4 is 29.0 Å². The lowest BCUT2D eigenvalue weighted by molar-refractivity contribution is 0.213. The van der Waals surface area contributed by atoms with Crippen LogP contribution in [0.15, 0.2) is 40.2 Å². The van der Waals surface area contributed by atoms with E-state index in [1.54, 1.807) is 4.90 Å². The maximum atomic E-state index is 12.2. The number of benzene rings is 1. The van der Waals surface area contributed by atoms with Crippen molar-refractivity contribution in [1.29, 1.82) is 0 Å². The number of hydrogen-bond acceptors (Lipinski definition) is 3. The number of rotatable bonds is 3. The van der Waals surface area contributed by atoms with Gasteiger partial charge in [0.25, 0.3) is 0 Å². The van der Waals surface area contributed by atoms with Gasteiger partial charge in [-0.05, 0) is 46.8 Å². The Kier molecular flexibility index (Phi) is 7.78. The average Bonchev–Trinajstić information content (AvgIpc) is 2.47. The summed E-state index contributed by atoms with van der Waals surface area (Å²) >= 11 is 1.24. The van der Waals surface area contributed by atoms with E-state index in [4.69, 9.17) is 0 Å². The highest BCUT2D eigenvalue weighted by molar-refractivity contribution is 8.14. The fourth-order valence-electron chi connectivity index (χ4n) is 1.80. The first-order chi connectivity index (χ1) is 11.2. The van der Waals surface area contributed by atoms with E-state index in [0.29, 0.717) is 13.1 Å². The molecular weight excluding hydrogens is 324 g/mol. The standard InChI is InChI=1S/C17H26N4O2S/c1-6-21(7-2)16(23)19-15(18-14(22)20-17(3,4)5)24-13-11-9-8-10-12-13/h8-12H,6-7H2,1-5H3,(H2,18,19,20,22,23). The number of nitrogens with zero attached hydrogens (tertiary/aromatic N) is 2. The average molecular weight is 350 g/mol. The number of carbonyl (C=O) groups excluding carboxylic acids is 2. The van der Waals surface area contributed by atoms with E-state index in [0.717, 1.165) is 4.90 Å². The second kappa shape index (κ2) is 9.32.